The Labute approximate surface area is 170 Å². The van der Waals surface area contributed by atoms with Gasteiger partial charge in [0.1, 0.15) is 6.04 Å². The van der Waals surface area contributed by atoms with Crippen LogP contribution in [-0.2, 0) is 16.1 Å². The number of nitrogens with one attached hydrogen (secondary N) is 1. The van der Waals surface area contributed by atoms with Crippen molar-refractivity contribution in [2.24, 2.45) is 0 Å². The summed E-state index contributed by atoms with van der Waals surface area (Å²) >= 11 is 7.34. The third-order valence-corrected chi connectivity index (χ3v) is 5.22. The van der Waals surface area contributed by atoms with Crippen LogP contribution in [0.25, 0.3) is 0 Å². The molecule has 6 heteroatoms. The zero-order chi connectivity index (χ0) is 19.8. The molecule has 2 amide bonds. The van der Waals surface area contributed by atoms with E-state index in [1.807, 2.05) is 56.3 Å². The first-order chi connectivity index (χ1) is 12.9. The van der Waals surface area contributed by atoms with E-state index in [-0.39, 0.29) is 23.6 Å². The summed E-state index contributed by atoms with van der Waals surface area (Å²) in [7, 11) is 0. The molecule has 0 aliphatic heterocycles. The minimum absolute atomic E-state index is 0.0251. The maximum atomic E-state index is 12.9. The predicted molar refractivity (Wildman–Crippen MR) is 112 cm³/mol. The number of thioether (sulfide) groups is 1. The summed E-state index contributed by atoms with van der Waals surface area (Å²) in [5.74, 6) is 0.0318. The van der Waals surface area contributed by atoms with Crippen LogP contribution in [0.3, 0.4) is 0 Å². The molecule has 0 unspecified atom stereocenters. The summed E-state index contributed by atoms with van der Waals surface area (Å²) in [6, 6.07) is 16.6. The van der Waals surface area contributed by atoms with Crippen LogP contribution in [0.1, 0.15) is 26.3 Å². The third-order valence-electron chi connectivity index (χ3n) is 3.97. The summed E-state index contributed by atoms with van der Waals surface area (Å²) in [6.07, 6.45) is 0. The second-order valence-corrected chi connectivity index (χ2v) is 8.07. The molecule has 0 fully saturated rings. The number of benzene rings is 2. The minimum Gasteiger partial charge on any atom is -0.352 e. The van der Waals surface area contributed by atoms with E-state index in [0.29, 0.717) is 11.6 Å². The Kier molecular flexibility index (Phi) is 8.20. The molecular formula is C21H25ClN2O2S. The van der Waals surface area contributed by atoms with Crippen LogP contribution in [0.4, 0.5) is 0 Å². The lowest BCUT2D eigenvalue weighted by molar-refractivity contribution is -0.138. The van der Waals surface area contributed by atoms with Crippen LogP contribution in [0, 0.1) is 0 Å². The van der Waals surface area contributed by atoms with E-state index in [2.05, 4.69) is 5.32 Å². The Balaban J connectivity index is 2.10. The zero-order valence-corrected chi connectivity index (χ0v) is 17.4. The molecule has 1 atom stereocenters. The Morgan fingerprint density at radius 2 is 1.67 bits per heavy atom. The highest BCUT2D eigenvalue weighted by Crippen LogP contribution is 2.21. The molecule has 2 rings (SSSR count). The number of carbonyl (C=O) groups excluding carboxylic acids is 2. The SMILES string of the molecule is CC(C)NC(=O)[C@H](C)N(Cc1ccccc1)C(=O)CSc1ccc(Cl)cc1. The first-order valence-corrected chi connectivity index (χ1v) is 10.3. The van der Waals surface area contributed by atoms with Crippen LogP contribution < -0.4 is 5.32 Å². The van der Waals surface area contributed by atoms with Gasteiger partial charge in [0.05, 0.1) is 5.75 Å². The molecule has 0 heterocycles. The standard InChI is InChI=1S/C21H25ClN2O2S/c1-15(2)23-21(26)16(3)24(13-17-7-5-4-6-8-17)20(25)14-27-19-11-9-18(22)10-12-19/h4-12,15-16H,13-14H2,1-3H3,(H,23,26)/t16-/m0/s1. The number of amides is 2. The van der Waals surface area contributed by atoms with E-state index in [0.717, 1.165) is 10.5 Å². The summed E-state index contributed by atoms with van der Waals surface area (Å²) in [6.45, 7) is 5.98. The molecule has 0 radical (unpaired) electrons. The fraction of sp³-hybridized carbons (Fsp3) is 0.333. The van der Waals surface area contributed by atoms with Crippen LogP contribution in [0.5, 0.6) is 0 Å². The Morgan fingerprint density at radius 3 is 2.26 bits per heavy atom. The minimum atomic E-state index is -0.550. The van der Waals surface area contributed by atoms with E-state index in [9.17, 15) is 9.59 Å². The molecule has 0 bridgehead atoms. The Morgan fingerprint density at radius 1 is 1.04 bits per heavy atom. The van der Waals surface area contributed by atoms with Crippen molar-refractivity contribution in [2.45, 2.75) is 44.3 Å². The van der Waals surface area contributed by atoms with Crippen LogP contribution >= 0.6 is 23.4 Å². The van der Waals surface area contributed by atoms with Crippen molar-refractivity contribution < 1.29 is 9.59 Å². The lowest BCUT2D eigenvalue weighted by Gasteiger charge is -2.29. The molecular weight excluding hydrogens is 380 g/mol. The third kappa shape index (κ3) is 6.92. The first kappa shape index (κ1) is 21.3. The van der Waals surface area contributed by atoms with Crippen molar-refractivity contribution in [3.63, 3.8) is 0 Å². The van der Waals surface area contributed by atoms with E-state index >= 15 is 0 Å². The first-order valence-electron chi connectivity index (χ1n) is 8.89. The molecule has 0 saturated carbocycles. The average Bonchev–Trinajstić information content (AvgIpc) is 2.65. The molecule has 2 aromatic rings. The number of hydrogen-bond donors (Lipinski definition) is 1. The Bertz CT molecular complexity index is 751. The summed E-state index contributed by atoms with van der Waals surface area (Å²) < 4.78 is 0. The van der Waals surface area contributed by atoms with Crippen molar-refractivity contribution in [3.05, 3.63) is 65.2 Å². The van der Waals surface area contributed by atoms with Gasteiger partial charge in [-0.3, -0.25) is 9.59 Å². The van der Waals surface area contributed by atoms with E-state index in [4.69, 9.17) is 11.6 Å². The highest BCUT2D eigenvalue weighted by Gasteiger charge is 2.26. The van der Waals surface area contributed by atoms with Gasteiger partial charge < -0.3 is 10.2 Å². The molecule has 0 aliphatic carbocycles. The smallest absolute Gasteiger partial charge is 0.242 e. The van der Waals surface area contributed by atoms with Crippen molar-refractivity contribution in [1.29, 1.82) is 0 Å². The predicted octanol–water partition coefficient (Wildman–Crippen LogP) is 4.37. The molecule has 0 spiro atoms. The van der Waals surface area contributed by atoms with Crippen LogP contribution in [0.15, 0.2) is 59.5 Å². The van der Waals surface area contributed by atoms with E-state index in [1.54, 1.807) is 24.0 Å². The summed E-state index contributed by atoms with van der Waals surface area (Å²) in [5, 5.41) is 3.55. The summed E-state index contributed by atoms with van der Waals surface area (Å²) in [5.41, 5.74) is 0.992. The quantitative estimate of drug-likeness (QED) is 0.664. The normalized spacial score (nSPS) is 11.9. The lowest BCUT2D eigenvalue weighted by atomic mass is 10.1. The second-order valence-electron chi connectivity index (χ2n) is 6.59. The van der Waals surface area contributed by atoms with Gasteiger partial charge >= 0.3 is 0 Å². The van der Waals surface area contributed by atoms with Crippen LogP contribution in [0.2, 0.25) is 5.02 Å². The number of carbonyl (C=O) groups is 2. The highest BCUT2D eigenvalue weighted by molar-refractivity contribution is 8.00. The van der Waals surface area contributed by atoms with Crippen molar-refractivity contribution >= 4 is 35.2 Å². The Hall–Kier alpha value is -1.98. The van der Waals surface area contributed by atoms with E-state index < -0.39 is 6.04 Å². The van der Waals surface area contributed by atoms with Gasteiger partial charge in [-0.25, -0.2) is 0 Å². The molecule has 4 nitrogen and oxygen atoms in total. The van der Waals surface area contributed by atoms with Gasteiger partial charge in [-0.1, -0.05) is 41.9 Å². The molecule has 2 aromatic carbocycles. The van der Waals surface area contributed by atoms with Gasteiger partial charge in [0, 0.05) is 22.5 Å². The lowest BCUT2D eigenvalue weighted by Crippen LogP contribution is -2.49. The van der Waals surface area contributed by atoms with Gasteiger partial charge in [0.25, 0.3) is 0 Å². The fourth-order valence-electron chi connectivity index (χ4n) is 2.53. The number of nitrogens with zero attached hydrogens (tertiary/aromatic N) is 1. The zero-order valence-electron chi connectivity index (χ0n) is 15.8. The molecule has 0 aromatic heterocycles. The summed E-state index contributed by atoms with van der Waals surface area (Å²) in [4.78, 5) is 28.0. The van der Waals surface area contributed by atoms with Gasteiger partial charge in [-0.15, -0.1) is 11.8 Å². The second kappa shape index (κ2) is 10.4. The van der Waals surface area contributed by atoms with Gasteiger partial charge in [0.15, 0.2) is 0 Å². The molecule has 0 aliphatic rings. The maximum absolute atomic E-state index is 12.9. The largest absolute Gasteiger partial charge is 0.352 e. The average molecular weight is 405 g/mol. The van der Waals surface area contributed by atoms with Gasteiger partial charge in [-0.05, 0) is 50.6 Å². The van der Waals surface area contributed by atoms with Crippen molar-refractivity contribution in [1.82, 2.24) is 10.2 Å². The maximum Gasteiger partial charge on any atom is 0.242 e. The fourth-order valence-corrected chi connectivity index (χ4v) is 3.44. The molecule has 1 N–H and O–H groups in total. The molecule has 0 saturated heterocycles. The van der Waals surface area contributed by atoms with Gasteiger partial charge in [0.2, 0.25) is 11.8 Å². The number of rotatable bonds is 8. The molecule has 27 heavy (non-hydrogen) atoms. The number of hydrogen-bond acceptors (Lipinski definition) is 3. The monoisotopic (exact) mass is 404 g/mol. The molecule has 144 valence electrons. The topological polar surface area (TPSA) is 49.4 Å². The highest BCUT2D eigenvalue weighted by atomic mass is 35.5. The van der Waals surface area contributed by atoms with Crippen molar-refractivity contribution in [2.75, 3.05) is 5.75 Å². The van der Waals surface area contributed by atoms with Gasteiger partial charge in [-0.2, -0.15) is 0 Å². The number of halogens is 1. The van der Waals surface area contributed by atoms with E-state index in [1.165, 1.54) is 11.8 Å². The van der Waals surface area contributed by atoms with Crippen LogP contribution in [-0.4, -0.2) is 34.6 Å². The van der Waals surface area contributed by atoms with Crippen molar-refractivity contribution in [3.8, 4) is 0 Å².